The van der Waals surface area contributed by atoms with Gasteiger partial charge in [0.05, 0.1) is 0 Å². The first-order valence-corrected chi connectivity index (χ1v) is 5.50. The molecule has 0 N–H and O–H groups in total. The summed E-state index contributed by atoms with van der Waals surface area (Å²) in [6.45, 7) is 3.63. The van der Waals surface area contributed by atoms with E-state index in [1.807, 2.05) is 0 Å². The van der Waals surface area contributed by atoms with Gasteiger partial charge in [0.25, 0.3) is 0 Å². The fourth-order valence-corrected chi connectivity index (χ4v) is 1.48. The molecule has 0 saturated heterocycles. The third kappa shape index (κ3) is 4.82. The number of hydrogen-bond acceptors (Lipinski definition) is 0. The van der Waals surface area contributed by atoms with Gasteiger partial charge in [0.15, 0.2) is 0 Å². The molecule has 0 aromatic heterocycles. The molecule has 0 spiro atoms. The molecule has 0 unspecified atom stereocenters. The van der Waals surface area contributed by atoms with Gasteiger partial charge in [0, 0.05) is 0 Å². The maximum atomic E-state index is 2.95. The van der Waals surface area contributed by atoms with Crippen LogP contribution in [0.5, 0.6) is 0 Å². The van der Waals surface area contributed by atoms with Crippen molar-refractivity contribution in [2.75, 3.05) is 6.16 Å². The summed E-state index contributed by atoms with van der Waals surface area (Å²) >= 11 is 2.95. The molecule has 0 heterocycles. The molecule has 0 aliphatic heterocycles. The molecule has 0 amide bonds. The molecule has 0 aliphatic carbocycles. The number of unbranched alkanes of at least 4 members (excludes halogenated alkanes) is 1. The van der Waals surface area contributed by atoms with Crippen LogP contribution in [0.1, 0.15) is 19.8 Å². The molecule has 0 nitrogen and oxygen atoms in total. The van der Waals surface area contributed by atoms with E-state index in [-0.39, 0.29) is 0 Å². The van der Waals surface area contributed by atoms with Crippen molar-refractivity contribution < 1.29 is 0 Å². The molecule has 0 bridgehead atoms. The molecule has 36 valence electrons. The first-order chi connectivity index (χ1) is 2.91. The van der Waals surface area contributed by atoms with Crippen LogP contribution >= 0.6 is 6.83 Å². The van der Waals surface area contributed by atoms with Crippen molar-refractivity contribution in [2.45, 2.75) is 19.8 Å². The average Bonchev–Trinajstić information content (AvgIpc) is 1.61. The number of rotatable bonds is 3. The zero-order valence-corrected chi connectivity index (χ0v) is 6.58. The van der Waals surface area contributed by atoms with Crippen molar-refractivity contribution in [3.63, 3.8) is 0 Å². The molecule has 0 radical (unpaired) electrons. The molecular formula is C4H9PSe. The van der Waals surface area contributed by atoms with Gasteiger partial charge in [0.2, 0.25) is 0 Å². The van der Waals surface area contributed by atoms with Crippen molar-refractivity contribution in [1.29, 1.82) is 0 Å². The van der Waals surface area contributed by atoms with E-state index in [1.54, 1.807) is 0 Å². The summed E-state index contributed by atoms with van der Waals surface area (Å²) in [5, 5.41) is 0. The Labute approximate surface area is 48.4 Å². The van der Waals surface area contributed by atoms with Gasteiger partial charge in [-0.25, -0.2) is 0 Å². The second-order valence-corrected chi connectivity index (χ2v) is 3.54. The quantitative estimate of drug-likeness (QED) is 0.341. The van der Waals surface area contributed by atoms with Crippen LogP contribution in [-0.4, -0.2) is 21.3 Å². The Balaban J connectivity index is 2.49. The maximum absolute atomic E-state index is 2.95. The molecule has 0 aromatic rings. The van der Waals surface area contributed by atoms with Crippen LogP contribution in [0, 0.1) is 0 Å². The second-order valence-electron chi connectivity index (χ2n) is 1.21. The van der Waals surface area contributed by atoms with Gasteiger partial charge < -0.3 is 0 Å². The SMILES string of the molecule is CCCCP=[Se]. The fraction of sp³-hybridized carbons (Fsp3) is 1.00. The number of hydrogen-bond donors (Lipinski definition) is 0. The van der Waals surface area contributed by atoms with Crippen molar-refractivity contribution in [2.24, 2.45) is 0 Å². The zero-order chi connectivity index (χ0) is 4.83. The van der Waals surface area contributed by atoms with Gasteiger partial charge in [-0.3, -0.25) is 0 Å². The monoisotopic (exact) mass is 168 g/mol. The summed E-state index contributed by atoms with van der Waals surface area (Å²) in [6.07, 6.45) is 4.03. The van der Waals surface area contributed by atoms with E-state index in [0.29, 0.717) is 0 Å². The molecule has 0 fully saturated rings. The predicted octanol–water partition coefficient (Wildman–Crippen LogP) is 1.82. The molecule has 0 saturated carbocycles. The minimum atomic E-state index is 1.33. The topological polar surface area (TPSA) is 0 Å². The average molecular weight is 167 g/mol. The molecule has 0 aliphatic rings. The molecule has 0 rings (SSSR count). The van der Waals surface area contributed by atoms with Crippen LogP contribution in [0.15, 0.2) is 0 Å². The standard InChI is InChI=1S/C4H9PSe/c1-2-3-4-5-6/h2-4H2,1H3. The van der Waals surface area contributed by atoms with Crippen LogP contribution in [0.25, 0.3) is 0 Å². The summed E-state index contributed by atoms with van der Waals surface area (Å²) in [6, 6.07) is 0. The minimum absolute atomic E-state index is 1.33. The predicted molar refractivity (Wildman–Crippen MR) is 32.4 cm³/mol. The summed E-state index contributed by atoms with van der Waals surface area (Å²) in [5.74, 6) is 0. The van der Waals surface area contributed by atoms with Crippen molar-refractivity contribution in [3.05, 3.63) is 0 Å². The van der Waals surface area contributed by atoms with E-state index in [0.717, 1.165) is 0 Å². The van der Waals surface area contributed by atoms with Gasteiger partial charge in [-0.05, 0) is 0 Å². The van der Waals surface area contributed by atoms with Crippen molar-refractivity contribution in [1.82, 2.24) is 0 Å². The van der Waals surface area contributed by atoms with Crippen LogP contribution in [0.4, 0.5) is 0 Å². The molecule has 6 heavy (non-hydrogen) atoms. The Kier molecular flexibility index (Phi) is 6.61. The van der Waals surface area contributed by atoms with E-state index in [4.69, 9.17) is 0 Å². The van der Waals surface area contributed by atoms with Gasteiger partial charge in [-0.2, -0.15) is 0 Å². The fourth-order valence-electron chi connectivity index (χ4n) is 0.223. The Morgan fingerprint density at radius 1 is 1.67 bits per heavy atom. The second kappa shape index (κ2) is 5.82. The van der Waals surface area contributed by atoms with E-state index in [9.17, 15) is 0 Å². The van der Waals surface area contributed by atoms with Crippen LogP contribution in [0.3, 0.4) is 0 Å². The Hall–Kier alpha value is 0.819. The first kappa shape index (κ1) is 6.82. The van der Waals surface area contributed by atoms with E-state index in [2.05, 4.69) is 22.0 Å². The van der Waals surface area contributed by atoms with Crippen LogP contribution in [0.2, 0.25) is 0 Å². The summed E-state index contributed by atoms with van der Waals surface area (Å²) in [4.78, 5) is 0. The third-order valence-electron chi connectivity index (χ3n) is 0.603. The Morgan fingerprint density at radius 2 is 2.33 bits per heavy atom. The Bertz CT molecular complexity index is 36.5. The summed E-state index contributed by atoms with van der Waals surface area (Å²) in [5.41, 5.74) is 0. The molecule has 0 atom stereocenters. The molecular weight excluding hydrogens is 158 g/mol. The van der Waals surface area contributed by atoms with Gasteiger partial charge >= 0.3 is 47.9 Å². The first-order valence-electron chi connectivity index (χ1n) is 2.21. The van der Waals surface area contributed by atoms with E-state index in [1.165, 1.54) is 25.8 Å². The van der Waals surface area contributed by atoms with E-state index >= 15 is 0 Å². The molecule has 2 heteroatoms. The normalized spacial score (nSPS) is 9.50. The Morgan fingerprint density at radius 3 is 2.50 bits per heavy atom. The zero-order valence-electron chi connectivity index (χ0n) is 3.98. The van der Waals surface area contributed by atoms with Crippen molar-refractivity contribution >= 4 is 21.9 Å². The van der Waals surface area contributed by atoms with Crippen molar-refractivity contribution in [3.8, 4) is 0 Å². The summed E-state index contributed by atoms with van der Waals surface area (Å²) < 4.78 is 0. The van der Waals surface area contributed by atoms with Crippen LogP contribution in [-0.2, 0) is 0 Å². The van der Waals surface area contributed by atoms with Gasteiger partial charge in [-0.15, -0.1) is 0 Å². The van der Waals surface area contributed by atoms with Gasteiger partial charge in [0.1, 0.15) is 0 Å². The van der Waals surface area contributed by atoms with Crippen LogP contribution < -0.4 is 0 Å². The van der Waals surface area contributed by atoms with E-state index < -0.39 is 0 Å². The third-order valence-corrected chi connectivity index (χ3v) is 2.25. The summed E-state index contributed by atoms with van der Waals surface area (Å²) in [7, 11) is 0. The van der Waals surface area contributed by atoms with Gasteiger partial charge in [-0.1, -0.05) is 0 Å². The molecule has 0 aromatic carbocycles.